The van der Waals surface area contributed by atoms with Gasteiger partial charge in [0, 0.05) is 7.05 Å². The van der Waals surface area contributed by atoms with E-state index in [2.05, 4.69) is 5.32 Å². The van der Waals surface area contributed by atoms with Crippen molar-refractivity contribution in [1.82, 2.24) is 10.2 Å². The Morgan fingerprint density at radius 1 is 1.47 bits per heavy atom. The lowest BCUT2D eigenvalue weighted by Gasteiger charge is -2.23. The van der Waals surface area contributed by atoms with Crippen LogP contribution < -0.4 is 5.32 Å². The number of nitrogens with one attached hydrogen (secondary N) is 1. The molecule has 1 saturated heterocycles. The van der Waals surface area contributed by atoms with Crippen molar-refractivity contribution < 1.29 is 9.59 Å². The molecular formula is C12H12Cl2N2O2S. The Balaban J connectivity index is 2.24. The second-order valence-electron chi connectivity index (χ2n) is 4.03. The molecule has 19 heavy (non-hydrogen) atoms. The second kappa shape index (κ2) is 6.03. The van der Waals surface area contributed by atoms with Gasteiger partial charge in [-0.1, -0.05) is 29.3 Å². The quantitative estimate of drug-likeness (QED) is 0.930. The average Bonchev–Trinajstić information content (AvgIpc) is 2.74. The molecule has 1 aromatic carbocycles. The molecule has 0 aliphatic carbocycles. The lowest BCUT2D eigenvalue weighted by atomic mass is 10.2. The summed E-state index contributed by atoms with van der Waals surface area (Å²) in [6, 6.07) is 5.25. The van der Waals surface area contributed by atoms with E-state index >= 15 is 0 Å². The number of likely N-dealkylation sites (N-methyl/N-ethyl adjacent to an activating group) is 1. The molecule has 1 heterocycles. The van der Waals surface area contributed by atoms with Gasteiger partial charge in [-0.2, -0.15) is 0 Å². The highest BCUT2D eigenvalue weighted by Gasteiger charge is 2.34. The van der Waals surface area contributed by atoms with Gasteiger partial charge in [0.15, 0.2) is 0 Å². The normalized spacial score (nSPS) is 18.8. The highest BCUT2D eigenvalue weighted by atomic mass is 35.5. The summed E-state index contributed by atoms with van der Waals surface area (Å²) in [4.78, 5) is 24.8. The van der Waals surface area contributed by atoms with E-state index in [1.54, 1.807) is 24.1 Å². The number of rotatable bonds is 3. The summed E-state index contributed by atoms with van der Waals surface area (Å²) < 4.78 is 0. The summed E-state index contributed by atoms with van der Waals surface area (Å²) in [6.07, 6.45) is 0. The van der Waals surface area contributed by atoms with Crippen molar-refractivity contribution in [3.63, 3.8) is 0 Å². The van der Waals surface area contributed by atoms with Gasteiger partial charge in [0.25, 0.3) is 0 Å². The maximum atomic E-state index is 11.8. The summed E-state index contributed by atoms with van der Waals surface area (Å²) >= 11 is 13.3. The number of amides is 2. The third-order valence-electron chi connectivity index (χ3n) is 2.79. The average molecular weight is 319 g/mol. The molecule has 1 aromatic rings. The van der Waals surface area contributed by atoms with Crippen LogP contribution in [0.15, 0.2) is 18.2 Å². The Bertz CT molecular complexity index is 524. The van der Waals surface area contributed by atoms with Gasteiger partial charge in [0.2, 0.25) is 11.8 Å². The van der Waals surface area contributed by atoms with Crippen molar-refractivity contribution in [1.29, 1.82) is 0 Å². The molecule has 0 radical (unpaired) electrons. The largest absolute Gasteiger partial charge is 0.358 e. The zero-order chi connectivity index (χ0) is 14.0. The molecule has 2 amide bonds. The van der Waals surface area contributed by atoms with Crippen molar-refractivity contribution in [2.45, 2.75) is 5.37 Å². The van der Waals surface area contributed by atoms with E-state index < -0.39 is 0 Å². The number of halogens is 2. The van der Waals surface area contributed by atoms with Gasteiger partial charge in [0.05, 0.1) is 15.8 Å². The number of carbonyl (C=O) groups excluding carboxylic acids is 2. The standard InChI is InChI=1S/C12H12Cl2N2O2S/c1-15-10(17)5-16-11(18)6-19-12(16)7-2-3-8(13)9(14)4-7/h2-4,12H,5-6H2,1H3,(H,15,17)/t12-/m1/s1. The molecule has 1 atom stereocenters. The Kier molecular flexibility index (Phi) is 4.60. The first-order chi connectivity index (χ1) is 9.02. The maximum absolute atomic E-state index is 11.8. The summed E-state index contributed by atoms with van der Waals surface area (Å²) in [6.45, 7) is 0.0489. The Morgan fingerprint density at radius 2 is 2.21 bits per heavy atom. The van der Waals surface area contributed by atoms with Crippen LogP contribution in [0.2, 0.25) is 10.0 Å². The number of thioether (sulfide) groups is 1. The van der Waals surface area contributed by atoms with Crippen LogP contribution in [0.3, 0.4) is 0 Å². The highest BCUT2D eigenvalue weighted by molar-refractivity contribution is 8.00. The van der Waals surface area contributed by atoms with Crippen molar-refractivity contribution >= 4 is 46.8 Å². The van der Waals surface area contributed by atoms with Crippen LogP contribution in [-0.4, -0.2) is 36.1 Å². The molecule has 1 fully saturated rings. The first kappa shape index (κ1) is 14.5. The van der Waals surface area contributed by atoms with E-state index in [9.17, 15) is 9.59 Å². The fourth-order valence-electron chi connectivity index (χ4n) is 1.80. The fourth-order valence-corrected chi connectivity index (χ4v) is 3.28. The molecule has 1 N–H and O–H groups in total. The van der Waals surface area contributed by atoms with E-state index in [1.807, 2.05) is 6.07 Å². The molecule has 7 heteroatoms. The smallest absolute Gasteiger partial charge is 0.239 e. The third kappa shape index (κ3) is 3.16. The van der Waals surface area contributed by atoms with Crippen LogP contribution in [0, 0.1) is 0 Å². The van der Waals surface area contributed by atoms with Gasteiger partial charge in [-0.15, -0.1) is 11.8 Å². The molecule has 0 saturated carbocycles. The third-order valence-corrected chi connectivity index (χ3v) is 4.78. The highest BCUT2D eigenvalue weighted by Crippen LogP contribution is 2.40. The number of nitrogens with zero attached hydrogens (tertiary/aromatic N) is 1. The monoisotopic (exact) mass is 318 g/mol. The fraction of sp³-hybridized carbons (Fsp3) is 0.333. The number of benzene rings is 1. The molecule has 102 valence electrons. The van der Waals surface area contributed by atoms with Crippen LogP contribution in [0.25, 0.3) is 0 Å². The van der Waals surface area contributed by atoms with Gasteiger partial charge in [-0.05, 0) is 17.7 Å². The van der Waals surface area contributed by atoms with Crippen molar-refractivity contribution in [3.05, 3.63) is 33.8 Å². The van der Waals surface area contributed by atoms with Crippen LogP contribution in [0.5, 0.6) is 0 Å². The van der Waals surface area contributed by atoms with Gasteiger partial charge in [-0.25, -0.2) is 0 Å². The molecule has 0 spiro atoms. The Labute approximate surface area is 125 Å². The van der Waals surface area contributed by atoms with E-state index in [1.165, 1.54) is 11.8 Å². The number of hydrogen-bond donors (Lipinski definition) is 1. The minimum atomic E-state index is -0.195. The van der Waals surface area contributed by atoms with Crippen LogP contribution in [-0.2, 0) is 9.59 Å². The van der Waals surface area contributed by atoms with Crippen LogP contribution in [0.4, 0.5) is 0 Å². The van der Waals surface area contributed by atoms with Gasteiger partial charge in [0.1, 0.15) is 11.9 Å². The van der Waals surface area contributed by atoms with Crippen LogP contribution in [0.1, 0.15) is 10.9 Å². The topological polar surface area (TPSA) is 49.4 Å². The second-order valence-corrected chi connectivity index (χ2v) is 5.91. The first-order valence-corrected chi connectivity index (χ1v) is 7.40. The molecule has 0 aromatic heterocycles. The van der Waals surface area contributed by atoms with Crippen molar-refractivity contribution in [2.24, 2.45) is 0 Å². The van der Waals surface area contributed by atoms with Gasteiger partial charge < -0.3 is 10.2 Å². The predicted molar refractivity (Wildman–Crippen MR) is 77.4 cm³/mol. The Morgan fingerprint density at radius 3 is 2.84 bits per heavy atom. The molecule has 0 bridgehead atoms. The minimum absolute atomic E-state index is 0.0489. The minimum Gasteiger partial charge on any atom is -0.358 e. The number of carbonyl (C=O) groups is 2. The molecule has 0 unspecified atom stereocenters. The van der Waals surface area contributed by atoms with Gasteiger partial charge >= 0.3 is 0 Å². The van der Waals surface area contributed by atoms with Crippen LogP contribution >= 0.6 is 35.0 Å². The molecule has 4 nitrogen and oxygen atoms in total. The maximum Gasteiger partial charge on any atom is 0.239 e. The summed E-state index contributed by atoms with van der Waals surface area (Å²) in [5.74, 6) is 0.118. The number of hydrogen-bond acceptors (Lipinski definition) is 3. The SMILES string of the molecule is CNC(=O)CN1C(=O)CS[C@@H]1c1ccc(Cl)c(Cl)c1. The van der Waals surface area contributed by atoms with Crippen molar-refractivity contribution in [2.75, 3.05) is 19.3 Å². The molecular weight excluding hydrogens is 307 g/mol. The van der Waals surface area contributed by atoms with E-state index in [4.69, 9.17) is 23.2 Å². The lowest BCUT2D eigenvalue weighted by Crippen LogP contribution is -2.37. The zero-order valence-corrected chi connectivity index (χ0v) is 12.5. The molecule has 2 rings (SSSR count). The van der Waals surface area contributed by atoms with Gasteiger partial charge in [-0.3, -0.25) is 9.59 Å². The molecule has 1 aliphatic rings. The van der Waals surface area contributed by atoms with Crippen molar-refractivity contribution in [3.8, 4) is 0 Å². The lowest BCUT2D eigenvalue weighted by molar-refractivity contribution is -0.133. The zero-order valence-electron chi connectivity index (χ0n) is 10.2. The summed E-state index contributed by atoms with van der Waals surface area (Å²) in [5.41, 5.74) is 0.870. The van der Waals surface area contributed by atoms with E-state index in [0.29, 0.717) is 15.8 Å². The predicted octanol–water partition coefficient (Wildman–Crippen LogP) is 2.31. The van der Waals surface area contributed by atoms with E-state index in [0.717, 1.165) is 5.56 Å². The Hall–Kier alpha value is -0.910. The molecule has 1 aliphatic heterocycles. The summed E-state index contributed by atoms with van der Waals surface area (Å²) in [7, 11) is 1.55. The first-order valence-electron chi connectivity index (χ1n) is 5.59. The van der Waals surface area contributed by atoms with E-state index in [-0.39, 0.29) is 23.7 Å². The summed E-state index contributed by atoms with van der Waals surface area (Å²) in [5, 5.41) is 3.23.